The van der Waals surface area contributed by atoms with Gasteiger partial charge in [0.05, 0.1) is 0 Å². The minimum atomic E-state index is -0.154. The van der Waals surface area contributed by atoms with Gasteiger partial charge in [0, 0.05) is 62.7 Å². The predicted molar refractivity (Wildman–Crippen MR) is 119 cm³/mol. The molecule has 0 spiro atoms. The number of amides is 2. The van der Waals surface area contributed by atoms with E-state index in [2.05, 4.69) is 10.6 Å². The van der Waals surface area contributed by atoms with Gasteiger partial charge in [-0.1, -0.05) is 24.3 Å². The lowest BCUT2D eigenvalue weighted by atomic mass is 10.1. The molecule has 2 aromatic rings. The monoisotopic (exact) mass is 409 g/mol. The third-order valence-corrected chi connectivity index (χ3v) is 3.58. The van der Waals surface area contributed by atoms with E-state index in [-0.39, 0.29) is 23.4 Å². The van der Waals surface area contributed by atoms with Gasteiger partial charge in [0.2, 0.25) is 11.8 Å². The lowest BCUT2D eigenvalue weighted by Gasteiger charge is -2.05. The van der Waals surface area contributed by atoms with Gasteiger partial charge in [-0.15, -0.1) is 0 Å². The number of hydrogen-bond donors (Lipinski definition) is 2. The summed E-state index contributed by atoms with van der Waals surface area (Å²) in [5, 5.41) is 5.25. The Labute approximate surface area is 176 Å². The second-order valence-corrected chi connectivity index (χ2v) is 6.72. The first-order valence-corrected chi connectivity index (χ1v) is 9.23. The van der Waals surface area contributed by atoms with E-state index >= 15 is 0 Å². The zero-order chi connectivity index (χ0) is 22.7. The summed E-state index contributed by atoms with van der Waals surface area (Å²) in [6.07, 6.45) is 3.18. The van der Waals surface area contributed by atoms with Crippen LogP contribution >= 0.6 is 0 Å². The van der Waals surface area contributed by atoms with Crippen LogP contribution in [0.2, 0.25) is 0 Å². The molecule has 7 nitrogen and oxygen atoms in total. The first-order valence-electron chi connectivity index (χ1n) is 9.23. The van der Waals surface area contributed by atoms with Gasteiger partial charge in [0.1, 0.15) is 0 Å². The number of ketones is 2. The molecule has 0 aliphatic heterocycles. The standard InChI is InChI=1S/C13H16N2O2.C10H11NO2/c1-10(16)14-12-6-4-5-11(9-12)13(17)7-8-15(2)3;1-7(12)9-4-3-5-10(6-9)11-8(2)13/h4-9H,1-3H3,(H,14,16);3-6H,1-2H3,(H,11,13)/b8-7+;. The minimum absolute atomic E-state index is 0.00722. The van der Waals surface area contributed by atoms with Crippen LogP contribution in [0.3, 0.4) is 0 Å². The normalized spacial score (nSPS) is 9.90. The van der Waals surface area contributed by atoms with Crippen molar-refractivity contribution >= 4 is 34.8 Å². The van der Waals surface area contributed by atoms with Crippen LogP contribution in [0.5, 0.6) is 0 Å². The number of anilines is 2. The molecule has 0 heterocycles. The average Bonchev–Trinajstić information content (AvgIpc) is 2.66. The van der Waals surface area contributed by atoms with Crippen LogP contribution in [0.25, 0.3) is 0 Å². The first-order chi connectivity index (χ1) is 14.1. The number of Topliss-reactive ketones (excluding diaryl/α,β-unsaturated/α-hetero) is 1. The lowest BCUT2D eigenvalue weighted by molar-refractivity contribution is -0.115. The number of nitrogens with one attached hydrogen (secondary N) is 2. The van der Waals surface area contributed by atoms with Crippen LogP contribution in [0.4, 0.5) is 11.4 Å². The zero-order valence-electron chi connectivity index (χ0n) is 17.9. The van der Waals surface area contributed by atoms with Gasteiger partial charge in [-0.3, -0.25) is 19.2 Å². The van der Waals surface area contributed by atoms with E-state index in [1.807, 2.05) is 14.1 Å². The second-order valence-electron chi connectivity index (χ2n) is 6.72. The Bertz CT molecular complexity index is 949. The number of carbonyl (C=O) groups is 4. The number of carbonyl (C=O) groups excluding carboxylic acids is 4. The van der Waals surface area contributed by atoms with Crippen LogP contribution in [0.15, 0.2) is 60.8 Å². The summed E-state index contributed by atoms with van der Waals surface area (Å²) in [6.45, 7) is 4.35. The highest BCUT2D eigenvalue weighted by atomic mass is 16.2. The summed E-state index contributed by atoms with van der Waals surface area (Å²) in [6, 6.07) is 13.7. The molecule has 7 heteroatoms. The van der Waals surface area contributed by atoms with Crippen molar-refractivity contribution in [3.05, 3.63) is 71.9 Å². The van der Waals surface area contributed by atoms with E-state index in [4.69, 9.17) is 0 Å². The number of benzene rings is 2. The number of allylic oxidation sites excluding steroid dienone is 1. The molecule has 2 rings (SSSR count). The Morgan fingerprint density at radius 2 is 1.23 bits per heavy atom. The molecule has 0 bridgehead atoms. The molecule has 0 aromatic heterocycles. The van der Waals surface area contributed by atoms with Gasteiger partial charge >= 0.3 is 0 Å². The van der Waals surface area contributed by atoms with Gasteiger partial charge in [0.15, 0.2) is 11.6 Å². The Kier molecular flexibility index (Phi) is 9.69. The molecular formula is C23H27N3O4. The summed E-state index contributed by atoms with van der Waals surface area (Å²) >= 11 is 0. The fourth-order valence-corrected chi connectivity index (χ4v) is 2.29. The molecule has 158 valence electrons. The van der Waals surface area contributed by atoms with E-state index in [0.717, 1.165) is 0 Å². The molecule has 0 aliphatic carbocycles. The second kappa shape index (κ2) is 12.0. The van der Waals surface area contributed by atoms with Crippen molar-refractivity contribution in [1.29, 1.82) is 0 Å². The number of hydrogen-bond acceptors (Lipinski definition) is 5. The largest absolute Gasteiger partial charge is 0.383 e. The van der Waals surface area contributed by atoms with Gasteiger partial charge in [-0.05, 0) is 31.2 Å². The Morgan fingerprint density at radius 1 is 0.767 bits per heavy atom. The van der Waals surface area contributed by atoms with E-state index in [1.165, 1.54) is 26.8 Å². The van der Waals surface area contributed by atoms with Crippen LogP contribution in [0.1, 0.15) is 41.5 Å². The van der Waals surface area contributed by atoms with Gasteiger partial charge in [-0.2, -0.15) is 0 Å². The summed E-state index contributed by atoms with van der Waals surface area (Å²) in [7, 11) is 3.69. The van der Waals surface area contributed by atoms with E-state index in [0.29, 0.717) is 22.5 Å². The highest BCUT2D eigenvalue weighted by Gasteiger charge is 2.03. The van der Waals surface area contributed by atoms with Crippen LogP contribution in [-0.4, -0.2) is 42.4 Å². The molecule has 0 saturated heterocycles. The van der Waals surface area contributed by atoms with Crippen LogP contribution < -0.4 is 10.6 Å². The molecule has 0 saturated carbocycles. The molecule has 0 fully saturated rings. The lowest BCUT2D eigenvalue weighted by Crippen LogP contribution is -2.07. The van der Waals surface area contributed by atoms with Crippen molar-refractivity contribution in [3.8, 4) is 0 Å². The summed E-state index contributed by atoms with van der Waals surface area (Å²) in [4.78, 5) is 46.1. The molecular weight excluding hydrogens is 382 g/mol. The molecule has 2 N–H and O–H groups in total. The summed E-state index contributed by atoms with van der Waals surface area (Å²) < 4.78 is 0. The van der Waals surface area contributed by atoms with Crippen molar-refractivity contribution in [2.75, 3.05) is 24.7 Å². The molecule has 0 aliphatic rings. The fourth-order valence-electron chi connectivity index (χ4n) is 2.29. The van der Waals surface area contributed by atoms with Gasteiger partial charge in [0.25, 0.3) is 0 Å². The van der Waals surface area contributed by atoms with Crippen molar-refractivity contribution in [1.82, 2.24) is 4.90 Å². The van der Waals surface area contributed by atoms with Crippen LogP contribution in [0, 0.1) is 0 Å². The molecule has 30 heavy (non-hydrogen) atoms. The topological polar surface area (TPSA) is 95.6 Å². The Hall–Kier alpha value is -3.74. The van der Waals surface area contributed by atoms with Crippen LogP contribution in [-0.2, 0) is 9.59 Å². The third-order valence-electron chi connectivity index (χ3n) is 3.58. The average molecular weight is 409 g/mol. The molecule has 0 unspecified atom stereocenters. The van der Waals surface area contributed by atoms with E-state index in [9.17, 15) is 19.2 Å². The maximum Gasteiger partial charge on any atom is 0.221 e. The predicted octanol–water partition coefficient (Wildman–Crippen LogP) is 3.75. The Balaban J connectivity index is 0.000000311. The maximum atomic E-state index is 11.8. The van der Waals surface area contributed by atoms with Crippen molar-refractivity contribution in [3.63, 3.8) is 0 Å². The zero-order valence-corrected chi connectivity index (χ0v) is 17.9. The summed E-state index contributed by atoms with van der Waals surface area (Å²) in [5.41, 5.74) is 2.43. The number of rotatable bonds is 6. The van der Waals surface area contributed by atoms with Crippen molar-refractivity contribution in [2.45, 2.75) is 20.8 Å². The minimum Gasteiger partial charge on any atom is -0.383 e. The van der Waals surface area contributed by atoms with E-state index < -0.39 is 0 Å². The quantitative estimate of drug-likeness (QED) is 0.560. The van der Waals surface area contributed by atoms with Crippen molar-refractivity contribution in [2.24, 2.45) is 0 Å². The SMILES string of the molecule is CC(=O)Nc1cccc(C(=O)/C=C/N(C)C)c1.CC(=O)Nc1cccc(C(C)=O)c1. The molecule has 0 atom stereocenters. The van der Waals surface area contributed by atoms with Crippen molar-refractivity contribution < 1.29 is 19.2 Å². The molecule has 0 radical (unpaired) electrons. The van der Waals surface area contributed by atoms with Gasteiger partial charge < -0.3 is 15.5 Å². The smallest absolute Gasteiger partial charge is 0.221 e. The van der Waals surface area contributed by atoms with Gasteiger partial charge in [-0.25, -0.2) is 0 Å². The highest BCUT2D eigenvalue weighted by Crippen LogP contribution is 2.12. The Morgan fingerprint density at radius 3 is 1.67 bits per heavy atom. The summed E-state index contributed by atoms with van der Waals surface area (Å²) in [5.74, 6) is -0.391. The first kappa shape index (κ1) is 24.3. The number of nitrogens with zero attached hydrogens (tertiary/aromatic N) is 1. The highest BCUT2D eigenvalue weighted by molar-refractivity contribution is 6.05. The molecule has 2 amide bonds. The third kappa shape index (κ3) is 9.45. The van der Waals surface area contributed by atoms with E-state index in [1.54, 1.807) is 59.6 Å². The maximum absolute atomic E-state index is 11.8. The molecule has 2 aromatic carbocycles. The fraction of sp³-hybridized carbons (Fsp3) is 0.217.